The van der Waals surface area contributed by atoms with Crippen LogP contribution in [-0.2, 0) is 4.79 Å². The second-order valence-electron chi connectivity index (χ2n) is 6.92. The first-order chi connectivity index (χ1) is 11.8. The van der Waals surface area contributed by atoms with Gasteiger partial charge in [0.25, 0.3) is 5.91 Å². The standard InChI is InChI=1S/C17H18FN3O3S/c1-8-11-9(2)19-13(10-3-4-10)20-14(11)25-12(8)15(22)21-6-5-17(18,7-21)16(23)24/h10H,3-7H2,1-2H3,(H,23,24)/t17-/m0/s1. The van der Waals surface area contributed by atoms with Gasteiger partial charge < -0.3 is 10.0 Å². The Kier molecular flexibility index (Phi) is 3.57. The molecule has 132 valence electrons. The van der Waals surface area contributed by atoms with E-state index in [1.807, 2.05) is 13.8 Å². The van der Waals surface area contributed by atoms with Gasteiger partial charge >= 0.3 is 5.97 Å². The zero-order valence-corrected chi connectivity index (χ0v) is 14.8. The summed E-state index contributed by atoms with van der Waals surface area (Å²) in [6.07, 6.45) is 2.02. The van der Waals surface area contributed by atoms with Crippen LogP contribution in [0.25, 0.3) is 10.2 Å². The molecule has 1 aliphatic carbocycles. The summed E-state index contributed by atoms with van der Waals surface area (Å²) < 4.78 is 14.3. The van der Waals surface area contributed by atoms with E-state index in [1.165, 1.54) is 16.2 Å². The molecule has 8 heteroatoms. The minimum absolute atomic E-state index is 0.104. The lowest BCUT2D eigenvalue weighted by atomic mass is 10.1. The molecule has 1 aliphatic heterocycles. The lowest BCUT2D eigenvalue weighted by Crippen LogP contribution is -2.38. The number of thiophene rings is 1. The number of aryl methyl sites for hydroxylation is 2. The van der Waals surface area contributed by atoms with Crippen molar-refractivity contribution < 1.29 is 19.1 Å². The van der Waals surface area contributed by atoms with Gasteiger partial charge in [0.05, 0.1) is 17.1 Å². The van der Waals surface area contributed by atoms with Crippen molar-refractivity contribution in [3.05, 3.63) is 22.0 Å². The van der Waals surface area contributed by atoms with Gasteiger partial charge in [-0.05, 0) is 32.3 Å². The maximum atomic E-state index is 14.3. The van der Waals surface area contributed by atoms with Crippen molar-refractivity contribution >= 4 is 33.4 Å². The Morgan fingerprint density at radius 3 is 2.64 bits per heavy atom. The van der Waals surface area contributed by atoms with Crippen LogP contribution in [0.2, 0.25) is 0 Å². The number of carboxylic acid groups (broad SMARTS) is 1. The molecule has 1 saturated carbocycles. The fourth-order valence-electron chi connectivity index (χ4n) is 3.35. The minimum Gasteiger partial charge on any atom is -0.479 e. The predicted octanol–water partition coefficient (Wildman–Crippen LogP) is 2.82. The summed E-state index contributed by atoms with van der Waals surface area (Å²) in [6.45, 7) is 3.45. The molecule has 0 bridgehead atoms. The second kappa shape index (κ2) is 5.45. The number of nitrogens with zero attached hydrogens (tertiary/aromatic N) is 3. The SMILES string of the molecule is Cc1nc(C2CC2)nc2sc(C(=O)N3CC[C@@](F)(C(=O)O)C3)c(C)c12. The van der Waals surface area contributed by atoms with Crippen LogP contribution < -0.4 is 0 Å². The number of fused-ring (bicyclic) bond motifs is 1. The highest BCUT2D eigenvalue weighted by molar-refractivity contribution is 7.20. The number of carbonyl (C=O) groups is 2. The van der Waals surface area contributed by atoms with E-state index in [1.54, 1.807) is 0 Å². The van der Waals surface area contributed by atoms with Crippen LogP contribution in [0, 0.1) is 13.8 Å². The molecule has 25 heavy (non-hydrogen) atoms. The van der Waals surface area contributed by atoms with Crippen molar-refractivity contribution in [2.45, 2.75) is 44.7 Å². The molecule has 2 aromatic heterocycles. The second-order valence-corrected chi connectivity index (χ2v) is 7.92. The largest absolute Gasteiger partial charge is 0.479 e. The fourth-order valence-corrected chi connectivity index (χ4v) is 4.56. The van der Waals surface area contributed by atoms with Crippen LogP contribution in [-0.4, -0.2) is 50.6 Å². The Morgan fingerprint density at radius 1 is 1.32 bits per heavy atom. The van der Waals surface area contributed by atoms with Gasteiger partial charge in [-0.3, -0.25) is 4.79 Å². The lowest BCUT2D eigenvalue weighted by Gasteiger charge is -2.17. The number of hydrogen-bond donors (Lipinski definition) is 1. The summed E-state index contributed by atoms with van der Waals surface area (Å²) in [7, 11) is 0. The van der Waals surface area contributed by atoms with Crippen molar-refractivity contribution in [3.63, 3.8) is 0 Å². The molecule has 0 radical (unpaired) electrons. The molecule has 1 atom stereocenters. The van der Waals surface area contributed by atoms with Gasteiger partial charge in [-0.15, -0.1) is 11.3 Å². The summed E-state index contributed by atoms with van der Waals surface area (Å²) >= 11 is 1.29. The molecule has 0 aromatic carbocycles. The van der Waals surface area contributed by atoms with Crippen molar-refractivity contribution in [1.82, 2.24) is 14.9 Å². The van der Waals surface area contributed by atoms with E-state index in [2.05, 4.69) is 9.97 Å². The van der Waals surface area contributed by atoms with E-state index in [0.717, 1.165) is 40.1 Å². The molecular formula is C17H18FN3O3S. The van der Waals surface area contributed by atoms with E-state index >= 15 is 0 Å². The molecule has 1 saturated heterocycles. The number of halogens is 1. The van der Waals surface area contributed by atoms with E-state index in [9.17, 15) is 14.0 Å². The number of amides is 1. The first kappa shape index (κ1) is 16.4. The zero-order chi connectivity index (χ0) is 17.9. The molecule has 1 N–H and O–H groups in total. The Hall–Kier alpha value is -2.09. The zero-order valence-electron chi connectivity index (χ0n) is 14.0. The third kappa shape index (κ3) is 2.59. The maximum Gasteiger partial charge on any atom is 0.343 e. The average Bonchev–Trinajstić information content (AvgIpc) is 3.25. The molecule has 4 rings (SSSR count). The topological polar surface area (TPSA) is 83.4 Å². The highest BCUT2D eigenvalue weighted by Gasteiger charge is 2.47. The summed E-state index contributed by atoms with van der Waals surface area (Å²) in [5, 5.41) is 9.88. The predicted molar refractivity (Wildman–Crippen MR) is 90.9 cm³/mol. The monoisotopic (exact) mass is 363 g/mol. The molecule has 0 spiro atoms. The number of carbonyl (C=O) groups excluding carboxylic acids is 1. The minimum atomic E-state index is -2.35. The molecule has 2 aromatic rings. The quantitative estimate of drug-likeness (QED) is 0.907. The van der Waals surface area contributed by atoms with Crippen molar-refractivity contribution in [2.75, 3.05) is 13.1 Å². The van der Waals surface area contributed by atoms with E-state index < -0.39 is 18.2 Å². The molecular weight excluding hydrogens is 345 g/mol. The third-order valence-electron chi connectivity index (χ3n) is 5.02. The summed E-state index contributed by atoms with van der Waals surface area (Å²) in [5.41, 5.74) is -0.710. The molecule has 2 fully saturated rings. The van der Waals surface area contributed by atoms with Crippen molar-refractivity contribution in [3.8, 4) is 0 Å². The normalized spacial score (nSPS) is 23.4. The molecule has 6 nitrogen and oxygen atoms in total. The number of carboxylic acids is 1. The summed E-state index contributed by atoms with van der Waals surface area (Å²) in [6, 6.07) is 0. The van der Waals surface area contributed by atoms with Crippen LogP contribution in [0.4, 0.5) is 4.39 Å². The highest BCUT2D eigenvalue weighted by atomic mass is 32.1. The number of aromatic nitrogens is 2. The van der Waals surface area contributed by atoms with Crippen LogP contribution >= 0.6 is 11.3 Å². The number of rotatable bonds is 3. The van der Waals surface area contributed by atoms with Gasteiger partial charge in [0.15, 0.2) is 0 Å². The number of alkyl halides is 1. The summed E-state index contributed by atoms with van der Waals surface area (Å²) in [4.78, 5) is 35.6. The summed E-state index contributed by atoms with van der Waals surface area (Å²) in [5.74, 6) is -0.577. The molecule has 3 heterocycles. The smallest absolute Gasteiger partial charge is 0.343 e. The third-order valence-corrected chi connectivity index (χ3v) is 6.19. The number of aliphatic carboxylic acids is 1. The van der Waals surface area contributed by atoms with Crippen LogP contribution in [0.1, 0.15) is 51.9 Å². The average molecular weight is 363 g/mol. The van der Waals surface area contributed by atoms with Gasteiger partial charge in [-0.2, -0.15) is 0 Å². The van der Waals surface area contributed by atoms with E-state index in [-0.39, 0.29) is 18.9 Å². The van der Waals surface area contributed by atoms with Gasteiger partial charge in [0, 0.05) is 24.3 Å². The number of likely N-dealkylation sites (tertiary alicyclic amines) is 1. The lowest BCUT2D eigenvalue weighted by molar-refractivity contribution is -0.149. The first-order valence-electron chi connectivity index (χ1n) is 8.29. The van der Waals surface area contributed by atoms with Gasteiger partial charge in [-0.25, -0.2) is 19.2 Å². The highest BCUT2D eigenvalue weighted by Crippen LogP contribution is 2.41. The number of hydrogen-bond acceptors (Lipinski definition) is 5. The molecule has 2 aliphatic rings. The Morgan fingerprint density at radius 2 is 2.04 bits per heavy atom. The Bertz CT molecular complexity index is 908. The van der Waals surface area contributed by atoms with Crippen LogP contribution in [0.5, 0.6) is 0 Å². The Labute approximate surface area is 147 Å². The van der Waals surface area contributed by atoms with E-state index in [0.29, 0.717) is 10.8 Å². The van der Waals surface area contributed by atoms with Crippen molar-refractivity contribution in [1.29, 1.82) is 0 Å². The van der Waals surface area contributed by atoms with Gasteiger partial charge in [-0.1, -0.05) is 0 Å². The van der Waals surface area contributed by atoms with E-state index in [4.69, 9.17) is 5.11 Å². The van der Waals surface area contributed by atoms with Gasteiger partial charge in [0.1, 0.15) is 10.7 Å². The van der Waals surface area contributed by atoms with Crippen molar-refractivity contribution in [2.24, 2.45) is 0 Å². The van der Waals surface area contributed by atoms with Crippen LogP contribution in [0.3, 0.4) is 0 Å². The maximum absolute atomic E-state index is 14.3. The molecule has 0 unspecified atom stereocenters. The Balaban J connectivity index is 1.69. The fraction of sp³-hybridized carbons (Fsp3) is 0.529. The van der Waals surface area contributed by atoms with Crippen LogP contribution in [0.15, 0.2) is 0 Å². The van der Waals surface area contributed by atoms with Gasteiger partial charge in [0.2, 0.25) is 5.67 Å². The first-order valence-corrected chi connectivity index (χ1v) is 9.11. The molecule has 1 amide bonds.